The maximum atomic E-state index is 11.9. The van der Waals surface area contributed by atoms with Gasteiger partial charge in [0, 0.05) is 30.2 Å². The van der Waals surface area contributed by atoms with E-state index in [1.54, 1.807) is 6.08 Å². The van der Waals surface area contributed by atoms with Crippen molar-refractivity contribution in [1.82, 2.24) is 10.9 Å². The number of ether oxygens (including phenoxy) is 1. The molecule has 0 bridgehead atoms. The Morgan fingerprint density at radius 1 is 1.15 bits per heavy atom. The third-order valence-corrected chi connectivity index (χ3v) is 3.76. The van der Waals surface area contributed by atoms with Crippen LogP contribution in [0.15, 0.2) is 48.5 Å². The average Bonchev–Trinajstić information content (AvgIpc) is 3.12. The molecule has 8 heteroatoms. The van der Waals surface area contributed by atoms with Crippen LogP contribution in [0.4, 0.5) is 5.69 Å². The number of hydrogen-bond acceptors (Lipinski definition) is 5. The summed E-state index contributed by atoms with van der Waals surface area (Å²) in [7, 11) is 0. The molecule has 0 saturated carbocycles. The molecule has 0 radical (unpaired) electrons. The molecule has 0 fully saturated rings. The fourth-order valence-corrected chi connectivity index (χ4v) is 2.47. The topological polar surface area (TPSA) is 111 Å². The number of rotatable bonds is 4. The molecule has 0 aromatic heterocycles. The Balaban J connectivity index is 1.56. The fourth-order valence-electron chi connectivity index (χ4n) is 2.47. The molecule has 2 N–H and O–H groups in total. The first-order valence-electron chi connectivity index (χ1n) is 7.81. The van der Waals surface area contributed by atoms with Crippen molar-refractivity contribution in [2.24, 2.45) is 0 Å². The van der Waals surface area contributed by atoms with Gasteiger partial charge in [-0.1, -0.05) is 12.1 Å². The van der Waals surface area contributed by atoms with Gasteiger partial charge in [-0.3, -0.25) is 30.6 Å². The molecule has 0 atom stereocenters. The summed E-state index contributed by atoms with van der Waals surface area (Å²) < 4.78 is 5.42. The van der Waals surface area contributed by atoms with Crippen molar-refractivity contribution in [3.8, 4) is 5.75 Å². The number of amides is 2. The third kappa shape index (κ3) is 4.04. The Kier molecular flexibility index (Phi) is 4.93. The highest BCUT2D eigenvalue weighted by molar-refractivity contribution is 5.98. The molecule has 0 spiro atoms. The van der Waals surface area contributed by atoms with E-state index in [1.165, 1.54) is 24.3 Å². The summed E-state index contributed by atoms with van der Waals surface area (Å²) >= 11 is 0. The second kappa shape index (κ2) is 7.47. The first kappa shape index (κ1) is 17.2. The second-order valence-corrected chi connectivity index (χ2v) is 5.55. The van der Waals surface area contributed by atoms with Crippen LogP contribution < -0.4 is 15.6 Å². The molecule has 1 aliphatic rings. The van der Waals surface area contributed by atoms with Crippen LogP contribution in [0.2, 0.25) is 0 Å². The standard InChI is InChI=1S/C18H15N3O5/c22-17(7-5-12-4-6-16-13(10-12)8-9-26-16)19-20-18(23)14-2-1-3-15(11-14)21(24)25/h1-7,10-11H,8-9H2,(H,19,22)(H,20,23)/b7-5+. The Bertz CT molecular complexity index is 907. The molecule has 0 unspecified atom stereocenters. The van der Waals surface area contributed by atoms with Crippen LogP contribution >= 0.6 is 0 Å². The fraction of sp³-hybridized carbons (Fsp3) is 0.111. The number of benzene rings is 2. The largest absolute Gasteiger partial charge is 0.493 e. The molecule has 1 heterocycles. The predicted octanol–water partition coefficient (Wildman–Crippen LogP) is 2.00. The quantitative estimate of drug-likeness (QED) is 0.496. The summed E-state index contributed by atoms with van der Waals surface area (Å²) in [5, 5.41) is 10.7. The van der Waals surface area contributed by atoms with Crippen molar-refractivity contribution in [1.29, 1.82) is 0 Å². The van der Waals surface area contributed by atoms with E-state index in [9.17, 15) is 19.7 Å². The number of hydrazine groups is 1. The van der Waals surface area contributed by atoms with Gasteiger partial charge in [-0.05, 0) is 35.4 Å². The highest BCUT2D eigenvalue weighted by Gasteiger charge is 2.12. The number of carbonyl (C=O) groups excluding carboxylic acids is 2. The van der Waals surface area contributed by atoms with Crippen LogP contribution in [0.25, 0.3) is 6.08 Å². The zero-order chi connectivity index (χ0) is 18.5. The molecule has 8 nitrogen and oxygen atoms in total. The average molecular weight is 353 g/mol. The lowest BCUT2D eigenvalue weighted by Crippen LogP contribution is -2.40. The minimum atomic E-state index is -0.648. The lowest BCUT2D eigenvalue weighted by molar-refractivity contribution is -0.384. The normalized spacial score (nSPS) is 12.3. The zero-order valence-electron chi connectivity index (χ0n) is 13.6. The van der Waals surface area contributed by atoms with Crippen molar-refractivity contribution in [3.05, 3.63) is 75.3 Å². The van der Waals surface area contributed by atoms with Gasteiger partial charge in [0.1, 0.15) is 5.75 Å². The molecule has 2 aromatic rings. The number of non-ortho nitro benzene ring substituents is 1. The van der Waals surface area contributed by atoms with E-state index in [-0.39, 0.29) is 11.3 Å². The van der Waals surface area contributed by atoms with Gasteiger partial charge in [0.05, 0.1) is 11.5 Å². The summed E-state index contributed by atoms with van der Waals surface area (Å²) in [6, 6.07) is 10.8. The smallest absolute Gasteiger partial charge is 0.270 e. The second-order valence-electron chi connectivity index (χ2n) is 5.55. The predicted molar refractivity (Wildman–Crippen MR) is 93.4 cm³/mol. The van der Waals surface area contributed by atoms with Crippen molar-refractivity contribution >= 4 is 23.6 Å². The van der Waals surface area contributed by atoms with E-state index < -0.39 is 16.7 Å². The van der Waals surface area contributed by atoms with E-state index in [2.05, 4.69) is 10.9 Å². The van der Waals surface area contributed by atoms with Crippen LogP contribution in [0, 0.1) is 10.1 Å². The van der Waals surface area contributed by atoms with Gasteiger partial charge in [0.15, 0.2) is 0 Å². The van der Waals surface area contributed by atoms with Crippen molar-refractivity contribution in [3.63, 3.8) is 0 Å². The van der Waals surface area contributed by atoms with E-state index in [4.69, 9.17) is 4.74 Å². The maximum Gasteiger partial charge on any atom is 0.270 e. The number of nitro groups is 1. The number of carbonyl (C=O) groups is 2. The number of hydrogen-bond donors (Lipinski definition) is 2. The number of nitrogens with zero attached hydrogens (tertiary/aromatic N) is 1. The van der Waals surface area contributed by atoms with Crippen LogP contribution in [0.5, 0.6) is 5.75 Å². The van der Waals surface area contributed by atoms with Crippen molar-refractivity contribution < 1.29 is 19.2 Å². The van der Waals surface area contributed by atoms with E-state index in [0.717, 1.165) is 29.4 Å². The summed E-state index contributed by atoms with van der Waals surface area (Å²) in [6.45, 7) is 0.659. The van der Waals surface area contributed by atoms with Gasteiger partial charge in [0.2, 0.25) is 0 Å². The molecule has 26 heavy (non-hydrogen) atoms. The van der Waals surface area contributed by atoms with E-state index in [1.807, 2.05) is 18.2 Å². The first-order chi connectivity index (χ1) is 12.5. The number of nitro benzene ring substituents is 1. The summed E-state index contributed by atoms with van der Waals surface area (Å²) in [5.74, 6) is -0.318. The highest BCUT2D eigenvalue weighted by atomic mass is 16.6. The summed E-state index contributed by atoms with van der Waals surface area (Å²) in [6.07, 6.45) is 3.74. The molecule has 1 aliphatic heterocycles. The number of nitrogens with one attached hydrogen (secondary N) is 2. The van der Waals surface area contributed by atoms with Crippen molar-refractivity contribution in [2.45, 2.75) is 6.42 Å². The lowest BCUT2D eigenvalue weighted by Gasteiger charge is -2.05. The van der Waals surface area contributed by atoms with Gasteiger partial charge in [-0.2, -0.15) is 0 Å². The van der Waals surface area contributed by atoms with Crippen LogP contribution in [0.3, 0.4) is 0 Å². The van der Waals surface area contributed by atoms with Gasteiger partial charge >= 0.3 is 0 Å². The SMILES string of the molecule is O=C(/C=C/c1ccc2c(c1)CCO2)NNC(=O)c1cccc([N+](=O)[O-])c1. The van der Waals surface area contributed by atoms with Crippen LogP contribution in [0.1, 0.15) is 21.5 Å². The van der Waals surface area contributed by atoms with Gasteiger partial charge < -0.3 is 4.74 Å². The Hall–Kier alpha value is -3.68. The van der Waals surface area contributed by atoms with Crippen LogP contribution in [-0.4, -0.2) is 23.3 Å². The van der Waals surface area contributed by atoms with Crippen molar-refractivity contribution in [2.75, 3.05) is 6.61 Å². The monoisotopic (exact) mass is 353 g/mol. The van der Waals surface area contributed by atoms with Gasteiger partial charge in [-0.15, -0.1) is 0 Å². The molecular formula is C18H15N3O5. The van der Waals surface area contributed by atoms with Gasteiger partial charge in [-0.25, -0.2) is 0 Å². The van der Waals surface area contributed by atoms with E-state index >= 15 is 0 Å². The minimum Gasteiger partial charge on any atom is -0.493 e. The highest BCUT2D eigenvalue weighted by Crippen LogP contribution is 2.26. The minimum absolute atomic E-state index is 0.0714. The molecule has 2 aromatic carbocycles. The summed E-state index contributed by atoms with van der Waals surface area (Å²) in [5.41, 5.74) is 6.24. The lowest BCUT2D eigenvalue weighted by atomic mass is 10.1. The maximum absolute atomic E-state index is 11.9. The zero-order valence-corrected chi connectivity index (χ0v) is 13.6. The summed E-state index contributed by atoms with van der Waals surface area (Å²) in [4.78, 5) is 33.9. The molecule has 3 rings (SSSR count). The third-order valence-electron chi connectivity index (χ3n) is 3.76. The Morgan fingerprint density at radius 2 is 2.00 bits per heavy atom. The van der Waals surface area contributed by atoms with E-state index in [0.29, 0.717) is 6.61 Å². The van der Waals surface area contributed by atoms with Gasteiger partial charge in [0.25, 0.3) is 17.5 Å². The number of fused-ring (bicyclic) bond motifs is 1. The molecule has 132 valence electrons. The molecule has 2 amide bonds. The first-order valence-corrected chi connectivity index (χ1v) is 7.81. The van der Waals surface area contributed by atoms with Crippen LogP contribution in [-0.2, 0) is 11.2 Å². The molecule has 0 aliphatic carbocycles. The molecular weight excluding hydrogens is 338 g/mol. The Labute approximate surface area is 148 Å². The Morgan fingerprint density at radius 3 is 2.81 bits per heavy atom. The molecule has 0 saturated heterocycles.